The molecule has 1 aliphatic heterocycles. The Kier molecular flexibility index (Phi) is 1.28. The molecule has 0 bridgehead atoms. The van der Waals surface area contributed by atoms with Crippen molar-refractivity contribution in [3.8, 4) is 0 Å². The SMILES string of the molecule is O=C1NNC(O)N1S. The van der Waals surface area contributed by atoms with Gasteiger partial charge in [-0.1, -0.05) is 12.8 Å². The first kappa shape index (κ1) is 5.67. The van der Waals surface area contributed by atoms with Crippen LogP contribution in [0.25, 0.3) is 0 Å². The summed E-state index contributed by atoms with van der Waals surface area (Å²) >= 11 is 3.59. The highest BCUT2D eigenvalue weighted by molar-refractivity contribution is 7.78. The van der Waals surface area contributed by atoms with E-state index >= 15 is 0 Å². The van der Waals surface area contributed by atoms with Gasteiger partial charge in [0, 0.05) is 0 Å². The first-order chi connectivity index (χ1) is 3.72. The number of carbonyl (C=O) groups excluding carboxylic acids is 1. The summed E-state index contributed by atoms with van der Waals surface area (Å²) in [6.45, 7) is 0. The van der Waals surface area contributed by atoms with Gasteiger partial charge in [0.05, 0.1) is 0 Å². The van der Waals surface area contributed by atoms with Crippen LogP contribution in [-0.2, 0) is 0 Å². The Morgan fingerprint density at radius 1 is 1.88 bits per heavy atom. The number of hydrazine groups is 1. The van der Waals surface area contributed by atoms with Gasteiger partial charge < -0.3 is 5.11 Å². The predicted octanol–water partition coefficient (Wildman–Crippen LogP) is -1.36. The van der Waals surface area contributed by atoms with E-state index in [1.54, 1.807) is 0 Å². The van der Waals surface area contributed by atoms with Crippen molar-refractivity contribution in [2.75, 3.05) is 0 Å². The Hall–Kier alpha value is -0.460. The summed E-state index contributed by atoms with van der Waals surface area (Å²) in [6, 6.07) is -0.458. The highest BCUT2D eigenvalue weighted by Crippen LogP contribution is 2.00. The van der Waals surface area contributed by atoms with Gasteiger partial charge in [-0.2, -0.15) is 5.43 Å². The molecule has 0 spiro atoms. The number of hydrogen-bond acceptors (Lipinski definition) is 4. The summed E-state index contributed by atoms with van der Waals surface area (Å²) in [5.41, 5.74) is 4.35. The fourth-order valence-corrected chi connectivity index (χ4v) is 0.464. The van der Waals surface area contributed by atoms with E-state index in [1.807, 2.05) is 0 Å². The summed E-state index contributed by atoms with van der Waals surface area (Å²) in [6.07, 6.45) is -1.02. The molecule has 0 aromatic heterocycles. The second-order valence-corrected chi connectivity index (χ2v) is 1.72. The number of aliphatic hydroxyl groups is 1. The number of nitrogens with one attached hydrogen (secondary N) is 2. The molecule has 3 N–H and O–H groups in total. The number of thiol groups is 1. The van der Waals surface area contributed by atoms with Gasteiger partial charge in [0.25, 0.3) is 0 Å². The van der Waals surface area contributed by atoms with Crippen molar-refractivity contribution in [3.63, 3.8) is 0 Å². The van der Waals surface area contributed by atoms with Crippen molar-refractivity contribution in [2.45, 2.75) is 6.35 Å². The first-order valence-electron chi connectivity index (χ1n) is 1.93. The molecule has 1 saturated heterocycles. The molecule has 0 aliphatic carbocycles. The number of nitrogens with zero attached hydrogens (tertiary/aromatic N) is 1. The van der Waals surface area contributed by atoms with Crippen molar-refractivity contribution in [1.29, 1.82) is 0 Å². The van der Waals surface area contributed by atoms with E-state index in [9.17, 15) is 4.79 Å². The lowest BCUT2D eigenvalue weighted by molar-refractivity contribution is 0.0872. The zero-order chi connectivity index (χ0) is 6.15. The molecular formula is C2H5N3O2S. The number of rotatable bonds is 0. The molecule has 0 aromatic carbocycles. The molecule has 6 heteroatoms. The Bertz CT molecular complexity index is 118. The minimum absolute atomic E-state index is 0.458. The molecule has 1 aliphatic rings. The standard InChI is InChI=1S/C2H5N3O2S/c6-1-3-4-2(7)5(1)8/h1,3,6,8H,(H,4,7). The van der Waals surface area contributed by atoms with E-state index in [-0.39, 0.29) is 0 Å². The van der Waals surface area contributed by atoms with Crippen LogP contribution >= 0.6 is 12.8 Å². The highest BCUT2D eigenvalue weighted by atomic mass is 32.1. The van der Waals surface area contributed by atoms with Gasteiger partial charge >= 0.3 is 6.03 Å². The van der Waals surface area contributed by atoms with Gasteiger partial charge in [-0.3, -0.25) is 5.43 Å². The van der Waals surface area contributed by atoms with E-state index in [4.69, 9.17) is 5.11 Å². The third kappa shape index (κ3) is 0.726. The van der Waals surface area contributed by atoms with Crippen molar-refractivity contribution < 1.29 is 9.90 Å². The van der Waals surface area contributed by atoms with E-state index in [1.165, 1.54) is 0 Å². The Morgan fingerprint density at radius 2 is 2.50 bits per heavy atom. The Labute approximate surface area is 51.2 Å². The second-order valence-electron chi connectivity index (χ2n) is 1.29. The lowest BCUT2D eigenvalue weighted by atomic mass is 10.9. The topological polar surface area (TPSA) is 64.6 Å². The molecule has 1 atom stereocenters. The molecule has 2 amide bonds. The maximum absolute atomic E-state index is 10.3. The summed E-state index contributed by atoms with van der Waals surface area (Å²) in [4.78, 5) is 10.3. The molecule has 0 radical (unpaired) electrons. The molecule has 1 heterocycles. The van der Waals surface area contributed by atoms with Crippen LogP contribution in [0.3, 0.4) is 0 Å². The number of hydrogen-bond donors (Lipinski definition) is 4. The molecule has 46 valence electrons. The highest BCUT2D eigenvalue weighted by Gasteiger charge is 2.24. The quantitative estimate of drug-likeness (QED) is 0.310. The maximum atomic E-state index is 10.3. The van der Waals surface area contributed by atoms with Crippen LogP contribution in [0, 0.1) is 0 Å². The predicted molar refractivity (Wildman–Crippen MR) is 28.5 cm³/mol. The summed E-state index contributed by atoms with van der Waals surface area (Å²) in [5, 5.41) is 8.62. The third-order valence-electron chi connectivity index (χ3n) is 0.748. The molecule has 1 rings (SSSR count). The normalized spacial score (nSPS) is 28.5. The maximum Gasteiger partial charge on any atom is 0.345 e. The monoisotopic (exact) mass is 135 g/mol. The smallest absolute Gasteiger partial charge is 0.345 e. The van der Waals surface area contributed by atoms with E-state index in [0.717, 1.165) is 4.31 Å². The zero-order valence-corrected chi connectivity index (χ0v) is 4.72. The lowest BCUT2D eigenvalue weighted by Crippen LogP contribution is -2.32. The average Bonchev–Trinajstić information content (AvgIpc) is 1.98. The third-order valence-corrected chi connectivity index (χ3v) is 1.15. The largest absolute Gasteiger partial charge is 0.359 e. The number of amides is 2. The van der Waals surface area contributed by atoms with E-state index in [0.29, 0.717) is 0 Å². The average molecular weight is 135 g/mol. The van der Waals surface area contributed by atoms with Crippen LogP contribution in [0.1, 0.15) is 0 Å². The molecule has 8 heavy (non-hydrogen) atoms. The summed E-state index contributed by atoms with van der Waals surface area (Å²) in [7, 11) is 0. The van der Waals surface area contributed by atoms with Gasteiger partial charge in [0.1, 0.15) is 0 Å². The molecule has 0 saturated carbocycles. The van der Waals surface area contributed by atoms with Gasteiger partial charge in [-0.05, 0) is 0 Å². The van der Waals surface area contributed by atoms with Crippen LogP contribution in [0.15, 0.2) is 0 Å². The molecule has 1 fully saturated rings. The van der Waals surface area contributed by atoms with Crippen LogP contribution in [-0.4, -0.2) is 21.8 Å². The molecule has 5 nitrogen and oxygen atoms in total. The minimum Gasteiger partial charge on any atom is -0.359 e. The van der Waals surface area contributed by atoms with Gasteiger partial charge in [-0.15, -0.1) is 0 Å². The number of aliphatic hydroxyl groups excluding tert-OH is 1. The first-order valence-corrected chi connectivity index (χ1v) is 2.33. The van der Waals surface area contributed by atoms with Crippen molar-refractivity contribution >= 4 is 18.8 Å². The van der Waals surface area contributed by atoms with Crippen molar-refractivity contribution in [2.24, 2.45) is 0 Å². The van der Waals surface area contributed by atoms with Crippen molar-refractivity contribution in [1.82, 2.24) is 15.2 Å². The number of urea groups is 1. The fraction of sp³-hybridized carbons (Fsp3) is 0.500. The Morgan fingerprint density at radius 3 is 2.62 bits per heavy atom. The number of carbonyl (C=O) groups is 1. The minimum atomic E-state index is -1.02. The summed E-state index contributed by atoms with van der Waals surface area (Å²) < 4.78 is 0.833. The van der Waals surface area contributed by atoms with E-state index in [2.05, 4.69) is 23.7 Å². The van der Waals surface area contributed by atoms with Crippen LogP contribution in [0.4, 0.5) is 4.79 Å². The summed E-state index contributed by atoms with van der Waals surface area (Å²) in [5.74, 6) is 0. The van der Waals surface area contributed by atoms with Gasteiger partial charge in [0.15, 0.2) is 0 Å². The van der Waals surface area contributed by atoms with Gasteiger partial charge in [0.2, 0.25) is 6.35 Å². The van der Waals surface area contributed by atoms with Crippen LogP contribution < -0.4 is 10.9 Å². The van der Waals surface area contributed by atoms with Gasteiger partial charge in [-0.25, -0.2) is 9.10 Å². The molecular weight excluding hydrogens is 130 g/mol. The Balaban J connectivity index is 2.56. The zero-order valence-electron chi connectivity index (χ0n) is 3.83. The fourth-order valence-electron chi connectivity index (χ4n) is 0.356. The van der Waals surface area contributed by atoms with E-state index < -0.39 is 12.4 Å². The van der Waals surface area contributed by atoms with Crippen LogP contribution in [0.5, 0.6) is 0 Å². The molecule has 1 unspecified atom stereocenters. The molecule has 0 aromatic rings. The van der Waals surface area contributed by atoms with Crippen molar-refractivity contribution in [3.05, 3.63) is 0 Å². The van der Waals surface area contributed by atoms with Crippen LogP contribution in [0.2, 0.25) is 0 Å². The second kappa shape index (κ2) is 1.81. The lowest BCUT2D eigenvalue weighted by Gasteiger charge is -2.06.